The monoisotopic (exact) mass is 273 g/mol. The smallest absolute Gasteiger partial charge is 0.324 e. The second kappa shape index (κ2) is 5.18. The number of rotatable bonds is 3. The lowest BCUT2D eigenvalue weighted by molar-refractivity contribution is -0.137. The van der Waals surface area contributed by atoms with Crippen LogP contribution in [-0.4, -0.2) is 6.43 Å². The molecule has 0 saturated carbocycles. The van der Waals surface area contributed by atoms with Gasteiger partial charge in [-0.1, -0.05) is 11.6 Å². The molecule has 2 N–H and O–H groups in total. The summed E-state index contributed by atoms with van der Waals surface area (Å²) >= 11 is 5.49. The largest absolute Gasteiger partial charge is 0.416 e. The highest BCUT2D eigenvalue weighted by Gasteiger charge is 2.31. The van der Waals surface area contributed by atoms with Crippen LogP contribution in [-0.2, 0) is 6.18 Å². The van der Waals surface area contributed by atoms with Crippen molar-refractivity contribution in [2.75, 3.05) is 0 Å². The molecule has 1 aromatic carbocycles. The predicted molar refractivity (Wildman–Crippen MR) is 54.0 cm³/mol. The van der Waals surface area contributed by atoms with E-state index < -0.39 is 30.6 Å². The molecule has 0 amide bonds. The van der Waals surface area contributed by atoms with E-state index in [1.807, 2.05) is 0 Å². The summed E-state index contributed by atoms with van der Waals surface area (Å²) in [6.45, 7) is 0. The SMILES string of the molecule is N[C@H](CC(F)F)c1cc(Cl)cc(C(F)(F)F)c1. The Labute approximate surface area is 99.4 Å². The van der Waals surface area contributed by atoms with Gasteiger partial charge in [-0.05, 0) is 23.8 Å². The number of hydrogen-bond acceptors (Lipinski definition) is 1. The summed E-state index contributed by atoms with van der Waals surface area (Å²) < 4.78 is 61.4. The van der Waals surface area contributed by atoms with E-state index in [9.17, 15) is 22.0 Å². The van der Waals surface area contributed by atoms with Crippen molar-refractivity contribution < 1.29 is 22.0 Å². The van der Waals surface area contributed by atoms with Crippen LogP contribution in [0.2, 0.25) is 5.02 Å². The van der Waals surface area contributed by atoms with Gasteiger partial charge in [0.15, 0.2) is 0 Å². The number of alkyl halides is 5. The standard InChI is InChI=1S/C10H9ClF5N/c11-7-2-5(8(17)4-9(12)13)1-6(3-7)10(14,15)16/h1-3,8-9H,4,17H2/t8-/m1/s1. The zero-order valence-corrected chi connectivity index (χ0v) is 9.19. The highest BCUT2D eigenvalue weighted by Crippen LogP contribution is 2.33. The van der Waals surface area contributed by atoms with Crippen molar-refractivity contribution >= 4 is 11.6 Å². The molecule has 1 rings (SSSR count). The second-order valence-corrected chi connectivity index (χ2v) is 3.94. The van der Waals surface area contributed by atoms with Gasteiger partial charge in [0.25, 0.3) is 0 Å². The molecule has 1 aromatic rings. The average molecular weight is 274 g/mol. The molecule has 0 spiro atoms. The summed E-state index contributed by atoms with van der Waals surface area (Å²) in [7, 11) is 0. The molecule has 96 valence electrons. The first-order valence-corrected chi connectivity index (χ1v) is 4.99. The van der Waals surface area contributed by atoms with Crippen LogP contribution in [0.5, 0.6) is 0 Å². The minimum absolute atomic E-state index is 0.0508. The van der Waals surface area contributed by atoms with E-state index in [0.29, 0.717) is 0 Å². The number of nitrogens with two attached hydrogens (primary N) is 1. The van der Waals surface area contributed by atoms with Gasteiger partial charge >= 0.3 is 6.18 Å². The number of benzene rings is 1. The minimum atomic E-state index is -4.58. The normalized spacial score (nSPS) is 14.1. The van der Waals surface area contributed by atoms with E-state index in [-0.39, 0.29) is 10.6 Å². The Hall–Kier alpha value is -0.880. The Morgan fingerprint density at radius 1 is 1.18 bits per heavy atom. The van der Waals surface area contributed by atoms with Gasteiger partial charge in [0.05, 0.1) is 5.56 Å². The predicted octanol–water partition coefficient (Wildman–Crippen LogP) is 4.01. The number of hydrogen-bond donors (Lipinski definition) is 1. The molecule has 0 aromatic heterocycles. The van der Waals surface area contributed by atoms with Crippen molar-refractivity contribution in [2.45, 2.75) is 25.1 Å². The van der Waals surface area contributed by atoms with Crippen molar-refractivity contribution in [2.24, 2.45) is 5.73 Å². The molecule has 0 aliphatic heterocycles. The topological polar surface area (TPSA) is 26.0 Å². The van der Waals surface area contributed by atoms with E-state index in [0.717, 1.165) is 18.2 Å². The van der Waals surface area contributed by atoms with Gasteiger partial charge in [-0.2, -0.15) is 13.2 Å². The van der Waals surface area contributed by atoms with E-state index >= 15 is 0 Å². The van der Waals surface area contributed by atoms with Crippen LogP contribution < -0.4 is 5.73 Å². The Kier molecular flexibility index (Phi) is 4.32. The van der Waals surface area contributed by atoms with E-state index in [1.54, 1.807) is 0 Å². The van der Waals surface area contributed by atoms with Crippen LogP contribution in [0.4, 0.5) is 22.0 Å². The Balaban J connectivity index is 3.05. The molecule has 0 heterocycles. The highest BCUT2D eigenvalue weighted by atomic mass is 35.5. The van der Waals surface area contributed by atoms with Crippen LogP contribution in [0.1, 0.15) is 23.6 Å². The molecule has 0 bridgehead atoms. The fourth-order valence-electron chi connectivity index (χ4n) is 1.32. The Morgan fingerprint density at radius 3 is 2.24 bits per heavy atom. The highest BCUT2D eigenvalue weighted by molar-refractivity contribution is 6.30. The van der Waals surface area contributed by atoms with Gasteiger partial charge in [-0.3, -0.25) is 0 Å². The molecule has 17 heavy (non-hydrogen) atoms. The van der Waals surface area contributed by atoms with Crippen LogP contribution in [0.3, 0.4) is 0 Å². The maximum Gasteiger partial charge on any atom is 0.416 e. The number of halogens is 6. The second-order valence-electron chi connectivity index (χ2n) is 3.50. The molecule has 0 aliphatic carbocycles. The third kappa shape index (κ3) is 4.12. The molecular formula is C10H9ClF5N. The molecule has 1 atom stereocenters. The summed E-state index contributed by atoms with van der Waals surface area (Å²) in [6, 6.07) is 1.44. The first kappa shape index (κ1) is 14.2. The first-order valence-electron chi connectivity index (χ1n) is 4.61. The van der Waals surface area contributed by atoms with Gasteiger partial charge in [0.2, 0.25) is 6.43 Å². The Morgan fingerprint density at radius 2 is 1.76 bits per heavy atom. The fraction of sp³-hybridized carbons (Fsp3) is 0.400. The van der Waals surface area contributed by atoms with Crippen molar-refractivity contribution in [1.82, 2.24) is 0 Å². The Bertz CT molecular complexity index is 391. The molecule has 0 fully saturated rings. The van der Waals surface area contributed by atoms with Gasteiger partial charge in [0, 0.05) is 17.5 Å². The maximum absolute atomic E-state index is 12.4. The maximum atomic E-state index is 12.4. The molecule has 0 unspecified atom stereocenters. The molecule has 7 heteroatoms. The molecule has 0 aliphatic rings. The van der Waals surface area contributed by atoms with E-state index in [4.69, 9.17) is 17.3 Å². The third-order valence-electron chi connectivity index (χ3n) is 2.11. The lowest BCUT2D eigenvalue weighted by atomic mass is 10.0. The van der Waals surface area contributed by atoms with Crippen molar-refractivity contribution in [1.29, 1.82) is 0 Å². The molecule has 0 saturated heterocycles. The van der Waals surface area contributed by atoms with Gasteiger partial charge in [-0.15, -0.1) is 0 Å². The lowest BCUT2D eigenvalue weighted by Crippen LogP contribution is -2.15. The first-order chi connectivity index (χ1) is 7.70. The zero-order valence-electron chi connectivity index (χ0n) is 8.44. The van der Waals surface area contributed by atoms with Crippen molar-refractivity contribution in [3.63, 3.8) is 0 Å². The van der Waals surface area contributed by atoms with Crippen molar-refractivity contribution in [3.05, 3.63) is 34.3 Å². The lowest BCUT2D eigenvalue weighted by Gasteiger charge is -2.14. The summed E-state index contributed by atoms with van der Waals surface area (Å²) in [6.07, 6.45) is -7.97. The summed E-state index contributed by atoms with van der Waals surface area (Å²) in [5.41, 5.74) is 4.32. The zero-order chi connectivity index (χ0) is 13.2. The van der Waals surface area contributed by atoms with E-state index in [1.165, 1.54) is 0 Å². The summed E-state index contributed by atoms with van der Waals surface area (Å²) in [5, 5.41) is -0.181. The molecule has 0 radical (unpaired) electrons. The van der Waals surface area contributed by atoms with Gasteiger partial charge in [0.1, 0.15) is 0 Å². The minimum Gasteiger partial charge on any atom is -0.324 e. The van der Waals surface area contributed by atoms with E-state index in [2.05, 4.69) is 0 Å². The molecular weight excluding hydrogens is 265 g/mol. The van der Waals surface area contributed by atoms with Gasteiger partial charge < -0.3 is 5.73 Å². The quantitative estimate of drug-likeness (QED) is 0.827. The van der Waals surface area contributed by atoms with Crippen LogP contribution >= 0.6 is 11.6 Å². The van der Waals surface area contributed by atoms with Crippen LogP contribution in [0.25, 0.3) is 0 Å². The molecule has 1 nitrogen and oxygen atoms in total. The van der Waals surface area contributed by atoms with Gasteiger partial charge in [-0.25, -0.2) is 8.78 Å². The fourth-order valence-corrected chi connectivity index (χ4v) is 1.56. The van der Waals surface area contributed by atoms with Crippen LogP contribution in [0, 0.1) is 0 Å². The summed E-state index contributed by atoms with van der Waals surface area (Å²) in [4.78, 5) is 0. The average Bonchev–Trinajstić information content (AvgIpc) is 2.14. The van der Waals surface area contributed by atoms with Crippen LogP contribution in [0.15, 0.2) is 18.2 Å². The summed E-state index contributed by atoms with van der Waals surface area (Å²) in [5.74, 6) is 0. The van der Waals surface area contributed by atoms with Crippen molar-refractivity contribution in [3.8, 4) is 0 Å². The third-order valence-corrected chi connectivity index (χ3v) is 2.33.